The highest BCUT2D eigenvalue weighted by atomic mass is 19.1. The van der Waals surface area contributed by atoms with Crippen molar-refractivity contribution in [3.8, 4) is 22.5 Å². The normalized spacial score (nSPS) is 13.5. The fourth-order valence-electron chi connectivity index (χ4n) is 3.53. The van der Waals surface area contributed by atoms with Crippen molar-refractivity contribution in [3.63, 3.8) is 0 Å². The van der Waals surface area contributed by atoms with Crippen molar-refractivity contribution in [1.29, 1.82) is 0 Å². The van der Waals surface area contributed by atoms with E-state index in [4.69, 9.17) is 10.1 Å². The Morgan fingerprint density at radius 2 is 1.96 bits per heavy atom. The molecule has 4 aromatic rings. The van der Waals surface area contributed by atoms with Gasteiger partial charge in [-0.15, -0.1) is 0 Å². The van der Waals surface area contributed by atoms with Crippen LogP contribution in [0.1, 0.15) is 17.9 Å². The minimum absolute atomic E-state index is 0.257. The molecule has 1 aliphatic heterocycles. The lowest BCUT2D eigenvalue weighted by Gasteiger charge is -2.07. The highest BCUT2D eigenvalue weighted by molar-refractivity contribution is 5.95. The molecule has 0 atom stereocenters. The quantitative estimate of drug-likeness (QED) is 0.611. The maximum absolute atomic E-state index is 13.3. The number of nitrogens with one attached hydrogen (secondary N) is 1. The van der Waals surface area contributed by atoms with E-state index in [0.717, 1.165) is 47.3 Å². The highest BCUT2D eigenvalue weighted by Crippen LogP contribution is 2.39. The Hall–Kier alpha value is -3.09. The molecule has 0 unspecified atom stereocenters. The summed E-state index contributed by atoms with van der Waals surface area (Å²) in [7, 11) is 0. The summed E-state index contributed by atoms with van der Waals surface area (Å²) in [4.78, 5) is 9.11. The molecule has 6 nitrogen and oxygen atoms in total. The third-order valence-corrected chi connectivity index (χ3v) is 4.62. The minimum atomic E-state index is -0.257. The lowest BCUT2D eigenvalue weighted by molar-refractivity contribution is 0.628. The first-order valence-corrected chi connectivity index (χ1v) is 8.24. The smallest absolute Gasteiger partial charge is 0.159 e. The predicted octanol–water partition coefficient (Wildman–Crippen LogP) is 3.28. The van der Waals surface area contributed by atoms with Gasteiger partial charge in [0, 0.05) is 17.8 Å². The number of hydrogen-bond donors (Lipinski definition) is 1. The van der Waals surface area contributed by atoms with Crippen LogP contribution in [0.15, 0.2) is 30.5 Å². The van der Waals surface area contributed by atoms with Gasteiger partial charge in [-0.1, -0.05) is 0 Å². The molecule has 1 aromatic carbocycles. The van der Waals surface area contributed by atoms with Crippen LogP contribution in [0, 0.1) is 12.7 Å². The van der Waals surface area contributed by atoms with Crippen molar-refractivity contribution in [2.24, 2.45) is 0 Å². The Bertz CT molecular complexity index is 1090. The molecule has 0 aliphatic carbocycles. The van der Waals surface area contributed by atoms with Gasteiger partial charge in [0.05, 0.1) is 22.8 Å². The number of nitrogens with zero attached hydrogens (tertiary/aromatic N) is 5. The Morgan fingerprint density at radius 3 is 2.80 bits per heavy atom. The van der Waals surface area contributed by atoms with Gasteiger partial charge in [0.15, 0.2) is 5.65 Å². The molecule has 5 rings (SSSR count). The molecule has 1 N–H and O–H groups in total. The van der Waals surface area contributed by atoms with Crippen molar-refractivity contribution >= 4 is 11.0 Å². The van der Waals surface area contributed by atoms with E-state index in [1.54, 1.807) is 18.3 Å². The number of halogens is 1. The number of benzene rings is 1. The third-order valence-electron chi connectivity index (χ3n) is 4.62. The monoisotopic (exact) mass is 334 g/mol. The van der Waals surface area contributed by atoms with E-state index < -0.39 is 0 Å². The fraction of sp³-hybridized carbons (Fsp3) is 0.222. The van der Waals surface area contributed by atoms with Crippen molar-refractivity contribution in [3.05, 3.63) is 47.8 Å². The fourth-order valence-corrected chi connectivity index (χ4v) is 3.53. The Morgan fingerprint density at radius 1 is 1.12 bits per heavy atom. The number of aromatic nitrogens is 6. The molecule has 0 saturated heterocycles. The summed E-state index contributed by atoms with van der Waals surface area (Å²) in [5.74, 6) is 0.418. The molecule has 0 bridgehead atoms. The summed E-state index contributed by atoms with van der Waals surface area (Å²) in [6, 6.07) is 6.44. The van der Waals surface area contributed by atoms with Crippen molar-refractivity contribution in [2.75, 3.05) is 0 Å². The molecule has 124 valence electrons. The Labute approximate surface area is 142 Å². The van der Waals surface area contributed by atoms with Gasteiger partial charge in [-0.05, 0) is 44.0 Å². The van der Waals surface area contributed by atoms with Gasteiger partial charge in [0.25, 0.3) is 0 Å². The van der Waals surface area contributed by atoms with Crippen molar-refractivity contribution in [2.45, 2.75) is 26.3 Å². The summed E-state index contributed by atoms with van der Waals surface area (Å²) in [6.45, 7) is 2.76. The number of rotatable bonds is 2. The topological polar surface area (TPSA) is 72.3 Å². The van der Waals surface area contributed by atoms with E-state index in [0.29, 0.717) is 11.5 Å². The van der Waals surface area contributed by atoms with E-state index in [1.165, 1.54) is 17.8 Å². The van der Waals surface area contributed by atoms with Crippen LogP contribution in [0.2, 0.25) is 0 Å². The first-order valence-electron chi connectivity index (χ1n) is 8.24. The second-order valence-corrected chi connectivity index (χ2v) is 6.26. The van der Waals surface area contributed by atoms with Gasteiger partial charge in [0.1, 0.15) is 17.3 Å². The summed E-state index contributed by atoms with van der Waals surface area (Å²) < 4.78 is 15.4. The van der Waals surface area contributed by atoms with Crippen LogP contribution < -0.4 is 0 Å². The number of aryl methyl sites for hydroxylation is 2. The molecule has 0 radical (unpaired) electrons. The lowest BCUT2D eigenvalue weighted by Crippen LogP contribution is -1.96. The average molecular weight is 334 g/mol. The van der Waals surface area contributed by atoms with Crippen LogP contribution in [0.5, 0.6) is 0 Å². The number of aromatic amines is 1. The standard InChI is InChI=1S/C18H15FN6/c1-10-21-17(13-9-20-23-18(13)22-10)15-14-3-2-8-25(14)24-16(15)11-4-6-12(19)7-5-11/h4-7,9H,2-3,8H2,1H3,(H,20,21,22,23). The number of fused-ring (bicyclic) bond motifs is 2. The number of H-pyrrole nitrogens is 1. The molecule has 7 heteroatoms. The molecule has 3 aromatic heterocycles. The van der Waals surface area contributed by atoms with Gasteiger partial charge in [-0.3, -0.25) is 9.78 Å². The van der Waals surface area contributed by atoms with Gasteiger partial charge < -0.3 is 0 Å². The largest absolute Gasteiger partial charge is 0.268 e. The second kappa shape index (κ2) is 5.20. The van der Waals surface area contributed by atoms with Crippen LogP contribution in [0.3, 0.4) is 0 Å². The summed E-state index contributed by atoms with van der Waals surface area (Å²) >= 11 is 0. The van der Waals surface area contributed by atoms with Crippen LogP contribution in [0.25, 0.3) is 33.5 Å². The molecule has 0 saturated carbocycles. The second-order valence-electron chi connectivity index (χ2n) is 6.26. The maximum atomic E-state index is 13.3. The zero-order valence-electron chi connectivity index (χ0n) is 13.6. The maximum Gasteiger partial charge on any atom is 0.159 e. The molecule has 0 spiro atoms. The zero-order chi connectivity index (χ0) is 17.0. The van der Waals surface area contributed by atoms with Crippen molar-refractivity contribution in [1.82, 2.24) is 29.9 Å². The van der Waals surface area contributed by atoms with E-state index >= 15 is 0 Å². The molecular weight excluding hydrogens is 319 g/mol. The molecule has 1 aliphatic rings. The average Bonchev–Trinajstić information content (AvgIpc) is 3.29. The SMILES string of the molecule is Cc1nc(-c2c(-c3ccc(F)cc3)nn3c2CCC3)c2cn[nH]c2n1. The molecule has 0 fully saturated rings. The minimum Gasteiger partial charge on any atom is -0.268 e. The molecule has 0 amide bonds. The predicted molar refractivity (Wildman–Crippen MR) is 91.4 cm³/mol. The van der Waals surface area contributed by atoms with Gasteiger partial charge in [-0.25, -0.2) is 14.4 Å². The van der Waals surface area contributed by atoms with E-state index in [9.17, 15) is 4.39 Å². The Kier molecular flexibility index (Phi) is 2.97. The van der Waals surface area contributed by atoms with Crippen LogP contribution in [-0.2, 0) is 13.0 Å². The Balaban J connectivity index is 1.83. The van der Waals surface area contributed by atoms with Crippen LogP contribution in [0.4, 0.5) is 4.39 Å². The summed E-state index contributed by atoms with van der Waals surface area (Å²) in [6.07, 6.45) is 3.76. The van der Waals surface area contributed by atoms with Gasteiger partial charge >= 0.3 is 0 Å². The lowest BCUT2D eigenvalue weighted by atomic mass is 10.00. The molecular formula is C18H15FN6. The zero-order valence-corrected chi connectivity index (χ0v) is 13.6. The van der Waals surface area contributed by atoms with Gasteiger partial charge in [0.2, 0.25) is 0 Å². The summed E-state index contributed by atoms with van der Waals surface area (Å²) in [5, 5.41) is 12.7. The first-order chi connectivity index (χ1) is 12.2. The van der Waals surface area contributed by atoms with Crippen LogP contribution >= 0.6 is 0 Å². The number of hydrogen-bond acceptors (Lipinski definition) is 4. The first kappa shape index (κ1) is 14.3. The molecule has 4 heterocycles. The van der Waals surface area contributed by atoms with E-state index in [-0.39, 0.29) is 5.82 Å². The highest BCUT2D eigenvalue weighted by Gasteiger charge is 2.26. The van der Waals surface area contributed by atoms with Crippen LogP contribution in [-0.4, -0.2) is 29.9 Å². The van der Waals surface area contributed by atoms with E-state index in [2.05, 4.69) is 15.2 Å². The molecule has 25 heavy (non-hydrogen) atoms. The van der Waals surface area contributed by atoms with E-state index in [1.807, 2.05) is 11.6 Å². The third kappa shape index (κ3) is 2.15. The summed E-state index contributed by atoms with van der Waals surface area (Å²) in [5.41, 5.74) is 5.42. The van der Waals surface area contributed by atoms with Crippen molar-refractivity contribution < 1.29 is 4.39 Å². The van der Waals surface area contributed by atoms with Gasteiger partial charge in [-0.2, -0.15) is 10.2 Å².